The lowest BCUT2D eigenvalue weighted by Gasteiger charge is -2.51. The topological polar surface area (TPSA) is 35.9 Å². The van der Waals surface area contributed by atoms with Gasteiger partial charge in [0.25, 0.3) is 0 Å². The second-order valence-corrected chi connectivity index (χ2v) is 8.33. The van der Waals surface area contributed by atoms with Gasteiger partial charge in [-0.15, -0.1) is 0 Å². The molecule has 4 fully saturated rings. The van der Waals surface area contributed by atoms with E-state index in [9.17, 15) is 5.11 Å². The van der Waals surface area contributed by atoms with Crippen LogP contribution in [0.25, 0.3) is 0 Å². The number of aromatic hydroxyl groups is 1. The minimum atomic E-state index is 0.365. The number of likely N-dealkylation sites (tertiary alicyclic amines) is 1. The molecule has 27 heavy (non-hydrogen) atoms. The van der Waals surface area contributed by atoms with Crippen LogP contribution < -0.4 is 4.74 Å². The number of fused-ring (bicyclic) bond motifs is 2. The molecular formula is C23H28N2O2. The zero-order valence-electron chi connectivity index (χ0n) is 15.9. The number of phenols is 1. The van der Waals surface area contributed by atoms with Gasteiger partial charge in [0, 0.05) is 31.1 Å². The summed E-state index contributed by atoms with van der Waals surface area (Å²) in [5, 5.41) is 9.87. The first-order valence-corrected chi connectivity index (χ1v) is 10.1. The molecule has 0 aliphatic carbocycles. The van der Waals surface area contributed by atoms with Gasteiger partial charge < -0.3 is 9.84 Å². The maximum atomic E-state index is 9.87. The van der Waals surface area contributed by atoms with Gasteiger partial charge in [-0.25, -0.2) is 0 Å². The van der Waals surface area contributed by atoms with E-state index in [2.05, 4.69) is 40.1 Å². The number of hydrogen-bond donors (Lipinski definition) is 1. The number of nitrogens with zero attached hydrogens (tertiary/aromatic N) is 2. The molecule has 4 nitrogen and oxygen atoms in total. The van der Waals surface area contributed by atoms with Crippen molar-refractivity contribution in [2.75, 3.05) is 26.7 Å². The lowest BCUT2D eigenvalue weighted by molar-refractivity contribution is -0.00870. The second-order valence-electron chi connectivity index (χ2n) is 8.33. The highest BCUT2D eigenvalue weighted by Gasteiger charge is 2.53. The SMILES string of the molecule is COc1ccc([C@@H]2CN(Cc3cccc(O)c3)[C@@H]3C4CCN(CC4)[C@@H]32)cc1. The van der Waals surface area contributed by atoms with E-state index < -0.39 is 0 Å². The van der Waals surface area contributed by atoms with E-state index in [1.165, 1.54) is 37.1 Å². The largest absolute Gasteiger partial charge is 0.508 e. The number of methoxy groups -OCH3 is 1. The van der Waals surface area contributed by atoms with Gasteiger partial charge >= 0.3 is 0 Å². The fraction of sp³-hybridized carbons (Fsp3) is 0.478. The molecule has 0 radical (unpaired) electrons. The summed E-state index contributed by atoms with van der Waals surface area (Å²) >= 11 is 0. The molecule has 0 saturated carbocycles. The van der Waals surface area contributed by atoms with Crippen LogP contribution in [0.5, 0.6) is 11.5 Å². The Labute approximate surface area is 161 Å². The molecule has 4 heterocycles. The highest BCUT2D eigenvalue weighted by molar-refractivity contribution is 5.33. The summed E-state index contributed by atoms with van der Waals surface area (Å²) in [4.78, 5) is 5.42. The Hall–Kier alpha value is -2.04. The first-order chi connectivity index (χ1) is 13.2. The molecular weight excluding hydrogens is 336 g/mol. The average Bonchev–Trinajstić information content (AvgIpc) is 3.10. The molecule has 142 valence electrons. The third-order valence-corrected chi connectivity index (χ3v) is 6.93. The van der Waals surface area contributed by atoms with Crippen molar-refractivity contribution in [3.63, 3.8) is 0 Å². The summed E-state index contributed by atoms with van der Waals surface area (Å²) in [5.74, 6) is 2.64. The number of piperidine rings is 3. The minimum absolute atomic E-state index is 0.365. The third-order valence-electron chi connectivity index (χ3n) is 6.93. The van der Waals surface area contributed by atoms with Gasteiger partial charge in [0.1, 0.15) is 11.5 Å². The van der Waals surface area contributed by atoms with Gasteiger partial charge in [-0.3, -0.25) is 9.80 Å². The number of rotatable bonds is 4. The Kier molecular flexibility index (Phi) is 4.33. The predicted octanol–water partition coefficient (Wildman–Crippen LogP) is 3.46. The summed E-state index contributed by atoms with van der Waals surface area (Å²) in [6.07, 6.45) is 2.65. The van der Waals surface area contributed by atoms with Crippen molar-refractivity contribution in [2.45, 2.75) is 37.4 Å². The van der Waals surface area contributed by atoms with E-state index in [1.54, 1.807) is 13.2 Å². The fourth-order valence-electron chi connectivity index (χ4n) is 5.76. The Morgan fingerprint density at radius 3 is 2.52 bits per heavy atom. The van der Waals surface area contributed by atoms with Crippen LogP contribution in [0.3, 0.4) is 0 Å². The van der Waals surface area contributed by atoms with Gasteiger partial charge in [0.2, 0.25) is 0 Å². The molecule has 2 aromatic carbocycles. The van der Waals surface area contributed by atoms with Crippen molar-refractivity contribution >= 4 is 0 Å². The molecule has 3 atom stereocenters. The van der Waals surface area contributed by atoms with Crippen molar-refractivity contribution in [1.29, 1.82) is 0 Å². The van der Waals surface area contributed by atoms with Crippen LogP contribution in [-0.2, 0) is 6.54 Å². The van der Waals surface area contributed by atoms with E-state index in [0.29, 0.717) is 23.8 Å². The molecule has 0 spiro atoms. The fourth-order valence-corrected chi connectivity index (χ4v) is 5.76. The summed E-state index contributed by atoms with van der Waals surface area (Å²) in [7, 11) is 1.73. The van der Waals surface area contributed by atoms with Gasteiger partial charge in [-0.05, 0) is 67.2 Å². The molecule has 2 bridgehead atoms. The van der Waals surface area contributed by atoms with Crippen molar-refractivity contribution in [2.24, 2.45) is 5.92 Å². The lowest BCUT2D eigenvalue weighted by Crippen LogP contribution is -2.59. The standard InChI is InChI=1S/C23H28N2O2/c1-27-20-7-5-17(6-8-20)21-15-25(14-16-3-2-4-19(26)13-16)22-18-9-11-24(12-10-18)23(21)22/h2-8,13,18,21-23,26H,9-12,14-15H2,1H3/t21-,22+,23+/m0/s1. The quantitative estimate of drug-likeness (QED) is 0.901. The van der Waals surface area contributed by atoms with Crippen LogP contribution in [0.15, 0.2) is 48.5 Å². The molecule has 0 unspecified atom stereocenters. The summed E-state index contributed by atoms with van der Waals surface area (Å²) in [6.45, 7) is 4.51. The first kappa shape index (κ1) is 17.1. The molecule has 1 N–H and O–H groups in total. The Balaban J connectivity index is 1.45. The van der Waals surface area contributed by atoms with Gasteiger partial charge in [-0.2, -0.15) is 0 Å². The summed E-state index contributed by atoms with van der Waals surface area (Å²) in [5.41, 5.74) is 2.64. The maximum absolute atomic E-state index is 9.87. The van der Waals surface area contributed by atoms with E-state index in [-0.39, 0.29) is 0 Å². The maximum Gasteiger partial charge on any atom is 0.118 e. The normalized spacial score (nSPS) is 32.4. The van der Waals surface area contributed by atoms with Crippen LogP contribution in [0.2, 0.25) is 0 Å². The number of hydrogen-bond acceptors (Lipinski definition) is 4. The third kappa shape index (κ3) is 3.01. The molecule has 0 aromatic heterocycles. The summed E-state index contributed by atoms with van der Waals surface area (Å²) < 4.78 is 5.35. The lowest BCUT2D eigenvalue weighted by atomic mass is 9.75. The molecule has 0 amide bonds. The van der Waals surface area contributed by atoms with E-state index in [1.807, 2.05) is 12.1 Å². The number of benzene rings is 2. The van der Waals surface area contributed by atoms with Crippen LogP contribution in [0.4, 0.5) is 0 Å². The number of ether oxygens (including phenoxy) is 1. The average molecular weight is 364 g/mol. The van der Waals surface area contributed by atoms with Crippen LogP contribution >= 0.6 is 0 Å². The predicted molar refractivity (Wildman–Crippen MR) is 106 cm³/mol. The Bertz CT molecular complexity index is 798. The van der Waals surface area contributed by atoms with Gasteiger partial charge in [0.05, 0.1) is 7.11 Å². The number of phenolic OH excluding ortho intramolecular Hbond substituents is 1. The Morgan fingerprint density at radius 2 is 1.81 bits per heavy atom. The smallest absolute Gasteiger partial charge is 0.118 e. The Morgan fingerprint density at radius 1 is 1.04 bits per heavy atom. The zero-order chi connectivity index (χ0) is 18.4. The second kappa shape index (κ2) is 6.84. The van der Waals surface area contributed by atoms with Gasteiger partial charge in [-0.1, -0.05) is 24.3 Å². The summed E-state index contributed by atoms with van der Waals surface area (Å²) in [6, 6.07) is 17.7. The van der Waals surface area contributed by atoms with Crippen LogP contribution in [0.1, 0.15) is 29.9 Å². The monoisotopic (exact) mass is 364 g/mol. The molecule has 4 aliphatic rings. The van der Waals surface area contributed by atoms with Gasteiger partial charge in [0.15, 0.2) is 0 Å². The molecule has 2 aromatic rings. The molecule has 4 saturated heterocycles. The van der Waals surface area contributed by atoms with Crippen LogP contribution in [0, 0.1) is 5.92 Å². The van der Waals surface area contributed by atoms with Crippen molar-refractivity contribution in [3.05, 3.63) is 59.7 Å². The van der Waals surface area contributed by atoms with E-state index >= 15 is 0 Å². The molecule has 4 heteroatoms. The highest BCUT2D eigenvalue weighted by atomic mass is 16.5. The van der Waals surface area contributed by atoms with Crippen LogP contribution in [-0.4, -0.2) is 53.7 Å². The van der Waals surface area contributed by atoms with Crippen molar-refractivity contribution in [3.8, 4) is 11.5 Å². The first-order valence-electron chi connectivity index (χ1n) is 10.1. The van der Waals surface area contributed by atoms with E-state index in [0.717, 1.165) is 24.8 Å². The van der Waals surface area contributed by atoms with Crippen molar-refractivity contribution in [1.82, 2.24) is 9.80 Å². The van der Waals surface area contributed by atoms with E-state index in [4.69, 9.17) is 4.74 Å². The zero-order valence-corrected chi connectivity index (χ0v) is 15.9. The molecule has 6 rings (SSSR count). The van der Waals surface area contributed by atoms with Crippen molar-refractivity contribution < 1.29 is 9.84 Å². The minimum Gasteiger partial charge on any atom is -0.508 e. The molecule has 4 aliphatic heterocycles. The highest BCUT2D eigenvalue weighted by Crippen LogP contribution is 2.47.